The van der Waals surface area contributed by atoms with E-state index in [0.717, 1.165) is 12.1 Å². The van der Waals surface area contributed by atoms with Crippen LogP contribution in [0.5, 0.6) is 5.88 Å². The molecule has 1 heterocycles. The van der Waals surface area contributed by atoms with Gasteiger partial charge < -0.3 is 15.2 Å². The summed E-state index contributed by atoms with van der Waals surface area (Å²) in [5.41, 5.74) is 0.817. The van der Waals surface area contributed by atoms with E-state index in [1.165, 1.54) is 0 Å². The first kappa shape index (κ1) is 14.2. The predicted octanol–water partition coefficient (Wildman–Crippen LogP) is 1.85. The topological polar surface area (TPSA) is 84.3 Å². The van der Waals surface area contributed by atoms with Gasteiger partial charge in [-0.05, 0) is 19.8 Å². The summed E-state index contributed by atoms with van der Waals surface area (Å²) in [4.78, 5) is 18.8. The molecule has 0 saturated heterocycles. The Morgan fingerprint density at radius 2 is 2.28 bits per heavy atom. The maximum atomic E-state index is 10.4. The number of hydrogen-bond acceptors (Lipinski definition) is 5. The van der Waals surface area contributed by atoms with Crippen LogP contribution in [0.3, 0.4) is 0 Å². The van der Waals surface area contributed by atoms with Crippen molar-refractivity contribution in [3.05, 3.63) is 11.8 Å². The highest BCUT2D eigenvalue weighted by Crippen LogP contribution is 2.12. The van der Waals surface area contributed by atoms with Gasteiger partial charge in [-0.25, -0.2) is 4.98 Å². The molecule has 0 aromatic carbocycles. The van der Waals surface area contributed by atoms with Crippen LogP contribution in [0.4, 0.5) is 5.95 Å². The lowest BCUT2D eigenvalue weighted by molar-refractivity contribution is -0.137. The van der Waals surface area contributed by atoms with Crippen LogP contribution in [0.1, 0.15) is 31.9 Å². The van der Waals surface area contributed by atoms with E-state index in [0.29, 0.717) is 31.4 Å². The highest BCUT2D eigenvalue weighted by atomic mass is 16.5. The zero-order valence-electron chi connectivity index (χ0n) is 10.8. The highest BCUT2D eigenvalue weighted by Gasteiger charge is 2.03. The Morgan fingerprint density at radius 3 is 2.94 bits per heavy atom. The smallest absolute Gasteiger partial charge is 0.303 e. The molecule has 0 bridgehead atoms. The number of aryl methyl sites for hydroxylation is 1. The normalized spacial score (nSPS) is 10.1. The molecule has 0 radical (unpaired) electrons. The van der Waals surface area contributed by atoms with E-state index in [2.05, 4.69) is 15.3 Å². The molecule has 0 amide bonds. The maximum Gasteiger partial charge on any atom is 0.303 e. The monoisotopic (exact) mass is 253 g/mol. The van der Waals surface area contributed by atoms with Gasteiger partial charge in [-0.15, -0.1) is 0 Å². The quantitative estimate of drug-likeness (QED) is 0.688. The zero-order valence-corrected chi connectivity index (χ0v) is 10.8. The Labute approximate surface area is 106 Å². The number of anilines is 1. The van der Waals surface area contributed by atoms with E-state index in [9.17, 15) is 4.79 Å². The number of aliphatic carboxylic acids is 1. The number of carboxylic acids is 1. The van der Waals surface area contributed by atoms with Gasteiger partial charge >= 0.3 is 5.97 Å². The van der Waals surface area contributed by atoms with Crippen molar-refractivity contribution < 1.29 is 14.6 Å². The van der Waals surface area contributed by atoms with Crippen molar-refractivity contribution in [2.75, 3.05) is 18.5 Å². The van der Waals surface area contributed by atoms with E-state index >= 15 is 0 Å². The molecule has 0 aliphatic rings. The lowest BCUT2D eigenvalue weighted by atomic mass is 10.3. The fraction of sp³-hybridized carbons (Fsp3) is 0.583. The van der Waals surface area contributed by atoms with Crippen LogP contribution < -0.4 is 10.1 Å². The molecule has 0 aliphatic carbocycles. The second-order valence-corrected chi connectivity index (χ2v) is 3.94. The van der Waals surface area contributed by atoms with E-state index in [1.54, 1.807) is 6.07 Å². The summed E-state index contributed by atoms with van der Waals surface area (Å²) in [6.45, 7) is 5.04. The maximum absolute atomic E-state index is 10.4. The molecule has 0 fully saturated rings. The van der Waals surface area contributed by atoms with Gasteiger partial charge in [0, 0.05) is 24.7 Å². The fourth-order valence-electron chi connectivity index (χ4n) is 1.34. The molecular formula is C12H19N3O3. The molecular weight excluding hydrogens is 234 g/mol. The van der Waals surface area contributed by atoms with E-state index in [-0.39, 0.29) is 6.42 Å². The lowest BCUT2D eigenvalue weighted by Crippen LogP contribution is -2.09. The van der Waals surface area contributed by atoms with E-state index < -0.39 is 5.97 Å². The molecule has 100 valence electrons. The summed E-state index contributed by atoms with van der Waals surface area (Å²) in [5.74, 6) is 0.227. The van der Waals surface area contributed by atoms with Crippen molar-refractivity contribution in [3.8, 4) is 5.88 Å². The van der Waals surface area contributed by atoms with Gasteiger partial charge in [0.1, 0.15) is 0 Å². The van der Waals surface area contributed by atoms with Crippen LogP contribution in [0.15, 0.2) is 6.07 Å². The first-order valence-corrected chi connectivity index (χ1v) is 6.06. The molecule has 18 heavy (non-hydrogen) atoms. The number of ether oxygens (including phenoxy) is 1. The van der Waals surface area contributed by atoms with Crippen LogP contribution in [0.2, 0.25) is 0 Å². The van der Waals surface area contributed by atoms with Crippen LogP contribution in [-0.4, -0.2) is 34.2 Å². The van der Waals surface area contributed by atoms with Crippen LogP contribution in [0, 0.1) is 6.92 Å². The van der Waals surface area contributed by atoms with E-state index in [1.807, 2.05) is 13.8 Å². The zero-order chi connectivity index (χ0) is 13.4. The van der Waals surface area contributed by atoms with Crippen molar-refractivity contribution in [2.24, 2.45) is 0 Å². The molecule has 0 aliphatic heterocycles. The Kier molecular flexibility index (Phi) is 5.90. The predicted molar refractivity (Wildman–Crippen MR) is 67.9 cm³/mol. The molecule has 0 atom stereocenters. The number of hydrogen-bond donors (Lipinski definition) is 2. The molecule has 6 nitrogen and oxygen atoms in total. The first-order chi connectivity index (χ1) is 8.61. The average molecular weight is 253 g/mol. The van der Waals surface area contributed by atoms with Crippen molar-refractivity contribution in [1.82, 2.24) is 9.97 Å². The van der Waals surface area contributed by atoms with Crippen molar-refractivity contribution >= 4 is 11.9 Å². The van der Waals surface area contributed by atoms with Gasteiger partial charge in [0.15, 0.2) is 0 Å². The molecule has 2 N–H and O–H groups in total. The van der Waals surface area contributed by atoms with Crippen LogP contribution in [0.25, 0.3) is 0 Å². The summed E-state index contributed by atoms with van der Waals surface area (Å²) in [7, 11) is 0. The van der Waals surface area contributed by atoms with Gasteiger partial charge in [-0.3, -0.25) is 4.79 Å². The SMILES string of the molecule is CCCOc1cc(C)nc(NCCCC(=O)O)n1. The van der Waals surface area contributed by atoms with E-state index in [4.69, 9.17) is 9.84 Å². The van der Waals surface area contributed by atoms with Crippen LogP contribution >= 0.6 is 0 Å². The third-order valence-corrected chi connectivity index (χ3v) is 2.14. The summed E-state index contributed by atoms with van der Waals surface area (Å²) >= 11 is 0. The van der Waals surface area contributed by atoms with Crippen molar-refractivity contribution in [2.45, 2.75) is 33.1 Å². The number of carbonyl (C=O) groups is 1. The minimum absolute atomic E-state index is 0.137. The highest BCUT2D eigenvalue weighted by molar-refractivity contribution is 5.66. The summed E-state index contributed by atoms with van der Waals surface area (Å²) < 4.78 is 5.44. The number of nitrogens with one attached hydrogen (secondary N) is 1. The summed E-state index contributed by atoms with van der Waals surface area (Å²) in [6.07, 6.45) is 1.60. The number of nitrogens with zero attached hydrogens (tertiary/aromatic N) is 2. The Balaban J connectivity index is 2.48. The third kappa shape index (κ3) is 5.47. The van der Waals surface area contributed by atoms with Gasteiger partial charge in [0.2, 0.25) is 11.8 Å². The minimum Gasteiger partial charge on any atom is -0.481 e. The van der Waals surface area contributed by atoms with Crippen molar-refractivity contribution in [1.29, 1.82) is 0 Å². The Hall–Kier alpha value is -1.85. The standard InChI is InChI=1S/C12H19N3O3/c1-3-7-18-10-8-9(2)14-12(15-10)13-6-4-5-11(16)17/h8H,3-7H2,1-2H3,(H,16,17)(H,13,14,15). The largest absolute Gasteiger partial charge is 0.481 e. The molecule has 1 aromatic rings. The molecule has 0 spiro atoms. The molecule has 1 rings (SSSR count). The molecule has 0 unspecified atom stereocenters. The van der Waals surface area contributed by atoms with Gasteiger partial charge in [0.05, 0.1) is 6.61 Å². The van der Waals surface area contributed by atoms with Gasteiger partial charge in [-0.1, -0.05) is 6.92 Å². The van der Waals surface area contributed by atoms with Crippen molar-refractivity contribution in [3.63, 3.8) is 0 Å². The minimum atomic E-state index is -0.797. The second kappa shape index (κ2) is 7.47. The first-order valence-electron chi connectivity index (χ1n) is 6.06. The molecule has 6 heteroatoms. The Morgan fingerprint density at radius 1 is 1.50 bits per heavy atom. The number of rotatable bonds is 8. The lowest BCUT2D eigenvalue weighted by Gasteiger charge is -2.08. The van der Waals surface area contributed by atoms with Gasteiger partial charge in [0.25, 0.3) is 0 Å². The second-order valence-electron chi connectivity index (χ2n) is 3.94. The molecule has 0 saturated carbocycles. The van der Waals surface area contributed by atoms with Crippen LogP contribution in [-0.2, 0) is 4.79 Å². The fourth-order valence-corrected chi connectivity index (χ4v) is 1.34. The average Bonchev–Trinajstić information content (AvgIpc) is 2.31. The summed E-state index contributed by atoms with van der Waals surface area (Å²) in [5, 5.41) is 11.5. The van der Waals surface area contributed by atoms with Gasteiger partial charge in [-0.2, -0.15) is 4.98 Å². The summed E-state index contributed by atoms with van der Waals surface area (Å²) in [6, 6.07) is 1.78. The molecule has 1 aromatic heterocycles. The number of aromatic nitrogens is 2. The Bertz CT molecular complexity index is 396. The third-order valence-electron chi connectivity index (χ3n) is 2.14. The number of carboxylic acid groups (broad SMARTS) is 1.